The van der Waals surface area contributed by atoms with Crippen LogP contribution in [0, 0.1) is 5.92 Å². The minimum Gasteiger partial charge on any atom is -0.495 e. The topological polar surface area (TPSA) is 379 Å². The molecule has 1 saturated carbocycles. The molecule has 32 nitrogen and oxygen atoms in total. The van der Waals surface area contributed by atoms with Gasteiger partial charge in [0.15, 0.2) is 5.72 Å². The number of benzene rings is 4. The van der Waals surface area contributed by atoms with Crippen molar-refractivity contribution in [1.29, 1.82) is 0 Å². The van der Waals surface area contributed by atoms with Crippen molar-refractivity contribution in [3.05, 3.63) is 254 Å². The molecule has 149 heavy (non-hydrogen) atoms. The zero-order chi connectivity index (χ0) is 106. The average Bonchev–Trinajstić information content (AvgIpc) is 1.57. The van der Waals surface area contributed by atoms with Crippen molar-refractivity contribution in [1.82, 2.24) is 55.5 Å². The van der Waals surface area contributed by atoms with Crippen LogP contribution in [0.3, 0.4) is 0 Å². The lowest BCUT2D eigenvalue weighted by Gasteiger charge is -2.42. The zero-order valence-electron chi connectivity index (χ0n) is 87.4. The summed E-state index contributed by atoms with van der Waals surface area (Å²) in [6.07, 6.45) is 16.4. The molecule has 0 radical (unpaired) electrons. The van der Waals surface area contributed by atoms with Gasteiger partial charge in [-0.05, 0) is 197 Å². The highest BCUT2D eigenvalue weighted by Gasteiger charge is 2.65. The summed E-state index contributed by atoms with van der Waals surface area (Å²) in [6.45, 7) is 16.6. The number of carbonyl (C=O) groups excluding carboxylic acids is 9. The van der Waals surface area contributed by atoms with Crippen LogP contribution in [-0.2, 0) is 120 Å². The molecule has 4 bridgehead atoms. The zero-order valence-corrected chi connectivity index (χ0v) is 90.6. The molecule has 4 aliphatic rings. The van der Waals surface area contributed by atoms with Gasteiger partial charge in [-0.15, -0.1) is 0 Å². The molecule has 8 amide bonds. The van der Waals surface area contributed by atoms with E-state index in [1.54, 1.807) is 69.7 Å². The minimum absolute atomic E-state index is 0.0503. The lowest BCUT2D eigenvalue weighted by atomic mass is 9.68. The van der Waals surface area contributed by atoms with E-state index >= 15 is 4.79 Å². The number of hydrogen-bond donors (Lipinski definition) is 6. The second kappa shape index (κ2) is 58.8. The lowest BCUT2D eigenvalue weighted by molar-refractivity contribution is -0.162. The number of pyridine rings is 4. The highest BCUT2D eigenvalue weighted by atomic mass is 35.5. The van der Waals surface area contributed by atoms with E-state index in [0.717, 1.165) is 114 Å². The molecule has 4 aromatic carbocycles. The number of halogens is 2. The molecule has 4 aromatic heterocycles. The van der Waals surface area contributed by atoms with E-state index in [2.05, 4.69) is 68.4 Å². The Labute approximate surface area is 893 Å². The first kappa shape index (κ1) is 116. The number of fused-ring (bicyclic) bond motifs is 5. The summed E-state index contributed by atoms with van der Waals surface area (Å²) in [7, 11) is 8.74. The number of hydrogen-bond acceptors (Lipinski definition) is 26. The largest absolute Gasteiger partial charge is 0.495 e. The van der Waals surface area contributed by atoms with Crippen molar-refractivity contribution >= 4 is 116 Å². The standard InChI is InChI=1S/C113H146Cl2N14O18S2/c1-11-13-16-38-100(130)122-98-36-27-33-90(120-98)75-127(73-88-31-18-22-51-116-88)70-83-63-84(71-128(74-89-32-19-23-52-117-89)76-91-34-28-37-99(121-91)123-101(131)39-17-14-12-2)65-92(64-83)144-56-25-24-55-129(109(137)112(49-20-15-21-50-112)86-45-47-87(114)48-46-86)72-81-41-43-85(44-42-81)107(135)119-54-58-143-60-59-142-57-53-118-102(132)77-149-148-61-29-40-103(133)125(7)80(5)108(136)146-97-68-104(134)126(8)93-66-82(67-94(140-9)105(93)115)62-78(3)30-26-35-96(141-10)113(139)69-95(145-110(138)124-113)79(4)106-111(97,6)147-106/h18-19,22-23,26-28,30-37,41-48,51-52,63-67,79-80,95-97,106,139H,11-17,20-21,24-25,29,38-40,49-50,53-62,68-77H2,1-10H3,(H,118,132)(H,119,135)(H,124,138)(H,120,122,130)(H,121,123,131)/b35-26-,78-30+/t79-,80+,95+,96-,97?,106?,111+,113+/m0/s1. The highest BCUT2D eigenvalue weighted by Crippen LogP contribution is 2.50. The second-order valence-electron chi connectivity index (χ2n) is 39.0. The smallest absolute Gasteiger partial charge is 0.409 e. The molecular weight excluding hydrogens is 1980 g/mol. The van der Waals surface area contributed by atoms with Crippen molar-refractivity contribution in [2.45, 2.75) is 263 Å². The molecule has 36 heteroatoms. The molecule has 3 fully saturated rings. The number of likely N-dealkylation sites (N-methyl/N-ethyl adjacent to an activating group) is 1. The third-order valence-electron chi connectivity index (χ3n) is 27.4. The summed E-state index contributed by atoms with van der Waals surface area (Å²) in [5.74, 6) is -0.0380. The quantitative estimate of drug-likeness (QED) is 0.00892. The maximum atomic E-state index is 15.7. The molecule has 6 N–H and O–H groups in total. The summed E-state index contributed by atoms with van der Waals surface area (Å²) in [6, 6.07) is 47.2. The van der Waals surface area contributed by atoms with Gasteiger partial charge in [0.1, 0.15) is 58.1 Å². The van der Waals surface area contributed by atoms with Gasteiger partial charge in [-0.25, -0.2) is 19.6 Å². The molecule has 7 heterocycles. The molecule has 2 unspecified atom stereocenters. The maximum absolute atomic E-state index is 15.7. The Kier molecular flexibility index (Phi) is 45.9. The predicted octanol–water partition coefficient (Wildman–Crippen LogP) is 18.0. The van der Waals surface area contributed by atoms with Crippen LogP contribution < -0.4 is 41.0 Å². The van der Waals surface area contributed by atoms with Crippen molar-refractivity contribution in [3.8, 4) is 11.5 Å². The van der Waals surface area contributed by atoms with Crippen molar-refractivity contribution in [3.63, 3.8) is 0 Å². The maximum Gasteiger partial charge on any atom is 0.409 e. The SMILES string of the molecule is CCCCCC(=O)Nc1cccc(CN(Cc2cc(CN(Cc3ccccn3)Cc3cccc(NC(=O)CCCCC)n3)cc(OCCCCN(Cc3ccc(C(=O)NCCOCCOCCNC(=O)CSSCCCC(=O)N(C)[C@H](C)C(=O)OC4CC(=O)N(C)c5cc(cc(OC)c5Cl)C/C(C)=C/C=C\[C@H](OC)[C@]5(O)C[C@@H](OC(=O)N5)[C@H](C)C5O[C@]45C)cc3)C(=O)C3(c4ccc(Cl)cc4)CCCCC3)c2)Cc2ccccn2)n1. The summed E-state index contributed by atoms with van der Waals surface area (Å²) in [4.78, 5) is 152. The Balaban J connectivity index is 0.600. The molecule has 8 aromatic rings. The number of alkyl carbamates (subject to hydrolysis) is 1. The van der Waals surface area contributed by atoms with Gasteiger partial charge in [0, 0.05) is 147 Å². The van der Waals surface area contributed by atoms with E-state index in [9.17, 15) is 43.5 Å². The van der Waals surface area contributed by atoms with Crippen LogP contribution in [0.2, 0.25) is 10.0 Å². The fraction of sp³-hybridized carbons (Fsp3) is 0.496. The number of nitrogens with zero attached hydrogens (tertiary/aromatic N) is 9. The van der Waals surface area contributed by atoms with Crippen LogP contribution in [0.25, 0.3) is 0 Å². The number of aromatic nitrogens is 4. The van der Waals surface area contributed by atoms with Crippen LogP contribution in [0.5, 0.6) is 11.5 Å². The minimum atomic E-state index is -1.89. The number of esters is 1. The number of carbonyl (C=O) groups is 9. The molecule has 0 spiro atoms. The average molecular weight is 2120 g/mol. The summed E-state index contributed by atoms with van der Waals surface area (Å²) in [5, 5.41) is 27.1. The van der Waals surface area contributed by atoms with Gasteiger partial charge in [-0.2, -0.15) is 0 Å². The van der Waals surface area contributed by atoms with Crippen molar-refractivity contribution in [2.75, 3.05) is 108 Å². The molecule has 2 saturated heterocycles. The van der Waals surface area contributed by atoms with Crippen LogP contribution in [0.1, 0.15) is 224 Å². The van der Waals surface area contributed by atoms with Gasteiger partial charge < -0.3 is 79.0 Å². The monoisotopic (exact) mass is 2120 g/mol. The molecule has 12 rings (SSSR count). The fourth-order valence-electron chi connectivity index (χ4n) is 19.0. The summed E-state index contributed by atoms with van der Waals surface area (Å²) < 4.78 is 48.1. The number of rotatable bonds is 54. The number of aliphatic hydroxyl groups is 1. The third-order valence-corrected chi connectivity index (χ3v) is 30.4. The first-order valence-electron chi connectivity index (χ1n) is 51.9. The Hall–Kier alpha value is -11.4. The van der Waals surface area contributed by atoms with Crippen LogP contribution in [0.15, 0.2) is 188 Å². The molecule has 802 valence electrons. The summed E-state index contributed by atoms with van der Waals surface area (Å²) >= 11 is 13.4. The number of ether oxygens (including phenoxy) is 8. The van der Waals surface area contributed by atoms with Gasteiger partial charge in [0.05, 0.1) is 92.3 Å². The van der Waals surface area contributed by atoms with Gasteiger partial charge in [0.2, 0.25) is 35.4 Å². The van der Waals surface area contributed by atoms with E-state index in [-0.39, 0.29) is 105 Å². The van der Waals surface area contributed by atoms with E-state index < -0.39 is 71.1 Å². The Bertz CT molecular complexity index is 5650. The normalized spacial score (nSPS) is 19.4. The van der Waals surface area contributed by atoms with Crippen LogP contribution in [0.4, 0.5) is 22.1 Å². The highest BCUT2D eigenvalue weighted by molar-refractivity contribution is 8.76. The first-order chi connectivity index (χ1) is 71.9. The number of unbranched alkanes of at least 4 members (excludes halogenated alkanes) is 5. The van der Waals surface area contributed by atoms with Crippen LogP contribution >= 0.6 is 44.8 Å². The Morgan fingerprint density at radius 3 is 1.87 bits per heavy atom. The summed E-state index contributed by atoms with van der Waals surface area (Å²) in [5.41, 5.74) is 5.62. The number of epoxide rings is 1. The van der Waals surface area contributed by atoms with E-state index in [1.165, 1.54) is 59.6 Å². The Morgan fingerprint density at radius 2 is 1.27 bits per heavy atom. The van der Waals surface area contributed by atoms with Gasteiger partial charge in [0.25, 0.3) is 5.91 Å². The van der Waals surface area contributed by atoms with E-state index in [0.29, 0.717) is 155 Å². The van der Waals surface area contributed by atoms with E-state index in [4.69, 9.17) is 81.0 Å². The number of anilines is 3. The van der Waals surface area contributed by atoms with Gasteiger partial charge in [-0.3, -0.25) is 58.6 Å². The Morgan fingerprint density at radius 1 is 0.658 bits per heavy atom. The number of methoxy groups -OCH3 is 2. The predicted molar refractivity (Wildman–Crippen MR) is 580 cm³/mol. The van der Waals surface area contributed by atoms with Gasteiger partial charge in [-0.1, -0.05) is 189 Å². The van der Waals surface area contributed by atoms with Crippen molar-refractivity contribution in [2.24, 2.45) is 5.92 Å². The number of amides is 8. The molecule has 1 aliphatic carbocycles. The molecule has 8 atom stereocenters. The van der Waals surface area contributed by atoms with Crippen LogP contribution in [-0.4, -0.2) is 232 Å². The molecule has 3 aliphatic heterocycles. The molecular formula is C113H146Cl2N14O18S2. The lowest BCUT2D eigenvalue weighted by Crippen LogP contribution is -2.63. The third kappa shape index (κ3) is 35.6. The van der Waals surface area contributed by atoms with Crippen molar-refractivity contribution < 1.29 is 86.2 Å². The van der Waals surface area contributed by atoms with Gasteiger partial charge >= 0.3 is 12.1 Å². The number of nitrogens with one attached hydrogen (secondary N) is 5. The van der Waals surface area contributed by atoms with E-state index in [1.807, 2.05) is 127 Å². The fourth-order valence-corrected chi connectivity index (χ4v) is 21.4. The first-order valence-corrected chi connectivity index (χ1v) is 55.1. The number of allylic oxidation sites excluding steroid dienone is 3. The second-order valence-corrected chi connectivity index (χ2v) is 42.4.